The molecule has 1 heterocycles. The zero-order valence-corrected chi connectivity index (χ0v) is 22.3. The number of carbonyl (C=O) groups excluding carboxylic acids is 2. The summed E-state index contributed by atoms with van der Waals surface area (Å²) >= 11 is 0. The lowest BCUT2D eigenvalue weighted by Crippen LogP contribution is -2.46. The Hall–Kier alpha value is -3.73. The third-order valence-corrected chi connectivity index (χ3v) is 7.91. The van der Waals surface area contributed by atoms with E-state index < -0.39 is 12.0 Å². The van der Waals surface area contributed by atoms with Gasteiger partial charge >= 0.3 is 0 Å². The third-order valence-electron chi connectivity index (χ3n) is 7.91. The van der Waals surface area contributed by atoms with Crippen molar-refractivity contribution in [2.45, 2.75) is 64.5 Å². The molecule has 3 atom stereocenters. The normalized spacial score (nSPS) is 22.8. The fourth-order valence-corrected chi connectivity index (χ4v) is 5.91. The van der Waals surface area contributed by atoms with Crippen molar-refractivity contribution in [2.75, 3.05) is 4.90 Å². The van der Waals surface area contributed by atoms with Gasteiger partial charge in [0.1, 0.15) is 11.5 Å². The first-order valence-corrected chi connectivity index (χ1v) is 13.7. The molecule has 3 aliphatic rings. The van der Waals surface area contributed by atoms with Gasteiger partial charge in [0.05, 0.1) is 29.4 Å². The standard InChI is InChI=1S/C33H34N2O3/c1-20(2)38-26-16-14-23(15-17-26)32-31-28(18-25(19-30(31)36)22-10-8-21(3)9-11-22)34-27-6-4-5-7-29(27)35(32)33(37)24-12-13-24/h4-11,14-17,20,24-25,31-32H,12-13,18-19H2,1-3H3. The van der Waals surface area contributed by atoms with Crippen molar-refractivity contribution in [3.8, 4) is 5.75 Å². The van der Waals surface area contributed by atoms with Crippen LogP contribution in [0, 0.1) is 18.8 Å². The van der Waals surface area contributed by atoms with E-state index in [0.717, 1.165) is 41.2 Å². The summed E-state index contributed by atoms with van der Waals surface area (Å²) in [5.41, 5.74) is 5.73. The number of ether oxygens (including phenoxy) is 1. The molecule has 194 valence electrons. The first-order chi connectivity index (χ1) is 18.4. The van der Waals surface area contributed by atoms with Crippen molar-refractivity contribution in [1.29, 1.82) is 0 Å². The van der Waals surface area contributed by atoms with Crippen LogP contribution in [0.4, 0.5) is 11.4 Å². The van der Waals surface area contributed by atoms with E-state index in [2.05, 4.69) is 31.2 Å². The number of nitrogens with zero attached hydrogens (tertiary/aromatic N) is 2. The number of fused-ring (bicyclic) bond motifs is 2. The number of aryl methyl sites for hydroxylation is 1. The molecule has 0 radical (unpaired) electrons. The van der Waals surface area contributed by atoms with Gasteiger partial charge in [-0.05, 0) is 81.3 Å². The summed E-state index contributed by atoms with van der Waals surface area (Å²) < 4.78 is 5.89. The van der Waals surface area contributed by atoms with Crippen LogP contribution in [0.2, 0.25) is 0 Å². The number of anilines is 1. The molecule has 2 fully saturated rings. The molecule has 0 aromatic heterocycles. The predicted molar refractivity (Wildman–Crippen MR) is 150 cm³/mol. The number of hydrogen-bond acceptors (Lipinski definition) is 4. The fourth-order valence-electron chi connectivity index (χ4n) is 5.91. The number of amides is 1. The molecule has 5 heteroatoms. The number of rotatable bonds is 5. The average Bonchev–Trinajstić information content (AvgIpc) is 3.75. The van der Waals surface area contributed by atoms with E-state index in [4.69, 9.17) is 9.73 Å². The number of ketones is 1. The summed E-state index contributed by atoms with van der Waals surface area (Å²) in [6.45, 7) is 6.08. The molecular formula is C33H34N2O3. The van der Waals surface area contributed by atoms with Crippen molar-refractivity contribution in [3.63, 3.8) is 0 Å². The Kier molecular flexibility index (Phi) is 6.38. The van der Waals surface area contributed by atoms with Gasteiger partial charge in [-0.1, -0.05) is 54.1 Å². The molecule has 2 saturated carbocycles. The van der Waals surface area contributed by atoms with E-state index in [0.29, 0.717) is 12.8 Å². The van der Waals surface area contributed by atoms with Crippen LogP contribution in [0.1, 0.15) is 68.2 Å². The lowest BCUT2D eigenvalue weighted by atomic mass is 9.72. The molecule has 3 unspecified atom stereocenters. The highest BCUT2D eigenvalue weighted by Crippen LogP contribution is 2.49. The molecule has 2 aliphatic carbocycles. The van der Waals surface area contributed by atoms with Crippen LogP contribution in [0.15, 0.2) is 77.8 Å². The first-order valence-electron chi connectivity index (χ1n) is 13.7. The van der Waals surface area contributed by atoms with Crippen LogP contribution in [-0.2, 0) is 9.59 Å². The second-order valence-electron chi connectivity index (χ2n) is 11.2. The Bertz CT molecular complexity index is 1390. The minimum Gasteiger partial charge on any atom is -0.491 e. The van der Waals surface area contributed by atoms with Gasteiger partial charge in [0.2, 0.25) is 5.91 Å². The molecule has 6 rings (SSSR count). The van der Waals surface area contributed by atoms with Crippen molar-refractivity contribution in [1.82, 2.24) is 0 Å². The summed E-state index contributed by atoms with van der Waals surface area (Å²) in [4.78, 5) is 35.0. The SMILES string of the molecule is Cc1ccc(C2CC(=O)C3C(=Nc4ccccc4N(C(=O)C4CC4)C3c3ccc(OC(C)C)cc3)C2)cc1. The monoisotopic (exact) mass is 506 g/mol. The molecule has 3 aromatic rings. The molecule has 38 heavy (non-hydrogen) atoms. The van der Waals surface area contributed by atoms with E-state index in [1.165, 1.54) is 11.1 Å². The van der Waals surface area contributed by atoms with Gasteiger partial charge in [0.25, 0.3) is 0 Å². The van der Waals surface area contributed by atoms with Crippen LogP contribution < -0.4 is 9.64 Å². The molecule has 0 spiro atoms. The first kappa shape index (κ1) is 24.6. The predicted octanol–water partition coefficient (Wildman–Crippen LogP) is 7.12. The number of hydrogen-bond donors (Lipinski definition) is 0. The second-order valence-corrected chi connectivity index (χ2v) is 11.2. The quantitative estimate of drug-likeness (QED) is 0.370. The van der Waals surface area contributed by atoms with Crippen LogP contribution in [0.25, 0.3) is 0 Å². The average molecular weight is 507 g/mol. The summed E-state index contributed by atoms with van der Waals surface area (Å²) in [5, 5.41) is 0. The maximum atomic E-state index is 14.1. The summed E-state index contributed by atoms with van der Waals surface area (Å²) in [5.74, 6) is 0.627. The molecule has 0 N–H and O–H groups in total. The molecule has 5 nitrogen and oxygen atoms in total. The lowest BCUT2D eigenvalue weighted by molar-refractivity contribution is -0.123. The molecule has 0 bridgehead atoms. The molecule has 1 amide bonds. The smallest absolute Gasteiger partial charge is 0.230 e. The van der Waals surface area contributed by atoms with E-state index in [1.54, 1.807) is 0 Å². The molecule has 3 aromatic carbocycles. The van der Waals surface area contributed by atoms with Crippen molar-refractivity contribution in [2.24, 2.45) is 16.8 Å². The van der Waals surface area contributed by atoms with E-state index in [-0.39, 0.29) is 29.6 Å². The zero-order chi connectivity index (χ0) is 26.4. The van der Waals surface area contributed by atoms with Gasteiger partial charge in [0.15, 0.2) is 0 Å². The van der Waals surface area contributed by atoms with E-state index >= 15 is 0 Å². The highest BCUT2D eigenvalue weighted by molar-refractivity contribution is 6.13. The van der Waals surface area contributed by atoms with Crippen LogP contribution in [0.5, 0.6) is 5.75 Å². The van der Waals surface area contributed by atoms with Gasteiger partial charge < -0.3 is 9.64 Å². The summed E-state index contributed by atoms with van der Waals surface area (Å²) in [6.07, 6.45) is 3.00. The summed E-state index contributed by atoms with van der Waals surface area (Å²) in [6, 6.07) is 23.8. The number of Topliss-reactive ketones (excluding diaryl/α,β-unsaturated/α-hetero) is 1. The highest BCUT2D eigenvalue weighted by atomic mass is 16.5. The Balaban J connectivity index is 1.47. The maximum Gasteiger partial charge on any atom is 0.230 e. The van der Waals surface area contributed by atoms with Crippen molar-refractivity contribution in [3.05, 3.63) is 89.5 Å². The fraction of sp³-hybridized carbons (Fsp3) is 0.364. The number of para-hydroxylation sites is 2. The van der Waals surface area contributed by atoms with Gasteiger partial charge in [-0.3, -0.25) is 14.6 Å². The van der Waals surface area contributed by atoms with Crippen molar-refractivity contribution < 1.29 is 14.3 Å². The third kappa shape index (κ3) is 4.66. The Morgan fingerprint density at radius 1 is 0.921 bits per heavy atom. The number of aliphatic imine (C=N–C) groups is 1. The minimum atomic E-state index is -0.483. The van der Waals surface area contributed by atoms with Crippen LogP contribution in [0.3, 0.4) is 0 Å². The van der Waals surface area contributed by atoms with Crippen LogP contribution in [-0.4, -0.2) is 23.5 Å². The highest BCUT2D eigenvalue weighted by Gasteiger charge is 2.48. The summed E-state index contributed by atoms with van der Waals surface area (Å²) in [7, 11) is 0. The Morgan fingerprint density at radius 3 is 2.29 bits per heavy atom. The Labute approximate surface area is 224 Å². The van der Waals surface area contributed by atoms with E-state index in [1.807, 2.05) is 67.3 Å². The number of benzene rings is 3. The van der Waals surface area contributed by atoms with Gasteiger partial charge in [-0.2, -0.15) is 0 Å². The minimum absolute atomic E-state index is 0.00894. The van der Waals surface area contributed by atoms with Gasteiger partial charge in [0, 0.05) is 18.1 Å². The largest absolute Gasteiger partial charge is 0.491 e. The molecule has 1 aliphatic heterocycles. The maximum absolute atomic E-state index is 14.1. The van der Waals surface area contributed by atoms with Gasteiger partial charge in [-0.25, -0.2) is 0 Å². The lowest BCUT2D eigenvalue weighted by Gasteiger charge is -2.39. The second kappa shape index (κ2) is 9.86. The molecular weight excluding hydrogens is 472 g/mol. The zero-order valence-electron chi connectivity index (χ0n) is 22.3. The van der Waals surface area contributed by atoms with Gasteiger partial charge in [-0.15, -0.1) is 0 Å². The topological polar surface area (TPSA) is 59.0 Å². The van der Waals surface area contributed by atoms with Crippen molar-refractivity contribution >= 4 is 28.8 Å². The van der Waals surface area contributed by atoms with E-state index in [9.17, 15) is 9.59 Å². The number of carbonyl (C=O) groups is 2. The Morgan fingerprint density at radius 2 is 1.61 bits per heavy atom. The van der Waals surface area contributed by atoms with Crippen LogP contribution >= 0.6 is 0 Å². The molecule has 0 saturated heterocycles.